The number of likely N-dealkylation sites (N-methyl/N-ethyl adjacent to an activating group) is 1. The van der Waals surface area contributed by atoms with Crippen LogP contribution in [0.4, 0.5) is 19.0 Å². The highest BCUT2D eigenvalue weighted by Crippen LogP contribution is 2.40. The van der Waals surface area contributed by atoms with Gasteiger partial charge in [-0.25, -0.2) is 13.2 Å². The van der Waals surface area contributed by atoms with E-state index in [1.807, 2.05) is 16.8 Å². The third kappa shape index (κ3) is 4.22. The van der Waals surface area contributed by atoms with Crippen molar-refractivity contribution in [3.8, 4) is 22.9 Å². The predicted molar refractivity (Wildman–Crippen MR) is 143 cm³/mol. The number of halogens is 3. The van der Waals surface area contributed by atoms with Crippen LogP contribution >= 0.6 is 0 Å². The van der Waals surface area contributed by atoms with Gasteiger partial charge in [0.2, 0.25) is 0 Å². The van der Waals surface area contributed by atoms with Gasteiger partial charge in [0.05, 0.1) is 5.56 Å². The van der Waals surface area contributed by atoms with Crippen molar-refractivity contribution >= 4 is 27.5 Å². The van der Waals surface area contributed by atoms with Crippen molar-refractivity contribution in [1.29, 1.82) is 0 Å². The zero-order valence-corrected chi connectivity index (χ0v) is 21.4. The molecule has 4 atom stereocenters. The molecule has 7 nitrogen and oxygen atoms in total. The molecule has 39 heavy (non-hydrogen) atoms. The van der Waals surface area contributed by atoms with Gasteiger partial charge in [-0.2, -0.15) is 9.97 Å². The zero-order valence-electron chi connectivity index (χ0n) is 21.4. The molecule has 2 N–H and O–H groups in total. The lowest BCUT2D eigenvalue weighted by atomic mass is 9.91. The second kappa shape index (κ2) is 9.24. The molecule has 4 saturated heterocycles. The normalized spacial score (nSPS) is 24.9. The van der Waals surface area contributed by atoms with Crippen molar-refractivity contribution in [1.82, 2.24) is 20.2 Å². The molecule has 5 heterocycles. The Kier molecular flexibility index (Phi) is 5.78. The first-order valence-electron chi connectivity index (χ1n) is 13.2. The Hall–Kier alpha value is -3.63. The summed E-state index contributed by atoms with van der Waals surface area (Å²) in [6.07, 6.45) is 0.467. The number of ether oxygens (including phenoxy) is 1. The van der Waals surface area contributed by atoms with Crippen LogP contribution in [0.15, 0.2) is 42.5 Å². The van der Waals surface area contributed by atoms with Crippen LogP contribution < -0.4 is 15.0 Å². The molecule has 0 amide bonds. The van der Waals surface area contributed by atoms with E-state index in [1.165, 1.54) is 12.1 Å². The number of hydrogen-bond acceptors (Lipinski definition) is 7. The van der Waals surface area contributed by atoms with Gasteiger partial charge in [0, 0.05) is 43.1 Å². The highest BCUT2D eigenvalue weighted by Gasteiger charge is 2.38. The van der Waals surface area contributed by atoms with Crippen molar-refractivity contribution < 1.29 is 23.0 Å². The fourth-order valence-electron chi connectivity index (χ4n) is 6.28. The molecule has 0 radical (unpaired) electrons. The molecular formula is C29H28F3N5O2. The number of phenolic OH excluding ortho intramolecular Hbond substituents is 1. The Morgan fingerprint density at radius 1 is 1.03 bits per heavy atom. The topological polar surface area (TPSA) is 73.8 Å². The fourth-order valence-corrected chi connectivity index (χ4v) is 6.28. The van der Waals surface area contributed by atoms with Gasteiger partial charge in [0.1, 0.15) is 35.7 Å². The first kappa shape index (κ1) is 24.4. The Morgan fingerprint density at radius 2 is 1.79 bits per heavy atom. The van der Waals surface area contributed by atoms with Crippen LogP contribution in [0.1, 0.15) is 12.8 Å². The van der Waals surface area contributed by atoms with E-state index < -0.39 is 17.8 Å². The number of likely N-dealkylation sites (tertiary alicyclic amines) is 1. The van der Waals surface area contributed by atoms with E-state index in [9.17, 15) is 9.50 Å². The lowest BCUT2D eigenvalue weighted by molar-refractivity contribution is 0.187. The standard InChI is InChI=1S/C29H28F3N5O2/c1-36-11-16(30)7-19(36)14-39-29-34-27-23(28(35-29)37-12-17-8-18(13-37)33-17)10-24(31)25(26(27)32)22-9-20(38)6-15-4-2-3-5-21(15)22/h2-6,9-10,16-19,33,38H,7-8,11-14H2,1H3/t16-,17?,18?,19+/m1/s1. The van der Waals surface area contributed by atoms with Gasteiger partial charge in [-0.15, -0.1) is 0 Å². The molecule has 0 aliphatic carbocycles. The van der Waals surface area contributed by atoms with Gasteiger partial charge >= 0.3 is 6.01 Å². The number of benzene rings is 3. The molecule has 4 aliphatic rings. The van der Waals surface area contributed by atoms with Crippen LogP contribution in [-0.4, -0.2) is 77.6 Å². The van der Waals surface area contributed by atoms with Crippen molar-refractivity contribution in [2.24, 2.45) is 0 Å². The van der Waals surface area contributed by atoms with Crippen LogP contribution in [0.25, 0.3) is 32.8 Å². The summed E-state index contributed by atoms with van der Waals surface area (Å²) in [5.41, 5.74) is -0.103. The summed E-state index contributed by atoms with van der Waals surface area (Å²) in [6, 6.07) is 11.7. The molecule has 202 valence electrons. The van der Waals surface area contributed by atoms with Gasteiger partial charge in [-0.05, 0) is 54.4 Å². The molecule has 2 bridgehead atoms. The van der Waals surface area contributed by atoms with Crippen LogP contribution in [-0.2, 0) is 0 Å². The van der Waals surface area contributed by atoms with E-state index in [-0.39, 0.29) is 46.4 Å². The minimum atomic E-state index is -0.927. The highest BCUT2D eigenvalue weighted by molar-refractivity contribution is 6.01. The minimum Gasteiger partial charge on any atom is -0.508 e. The molecule has 2 unspecified atom stereocenters. The summed E-state index contributed by atoms with van der Waals surface area (Å²) in [7, 11) is 1.83. The monoisotopic (exact) mass is 535 g/mol. The Labute approximate surface area is 223 Å². The van der Waals surface area contributed by atoms with Gasteiger partial charge in [-0.1, -0.05) is 24.3 Å². The molecule has 1 aromatic heterocycles. The van der Waals surface area contributed by atoms with Crippen molar-refractivity contribution in [3.63, 3.8) is 0 Å². The molecule has 8 rings (SSSR count). The summed E-state index contributed by atoms with van der Waals surface area (Å²) >= 11 is 0. The summed E-state index contributed by atoms with van der Waals surface area (Å²) in [5.74, 6) is -1.30. The highest BCUT2D eigenvalue weighted by atomic mass is 19.1. The average molecular weight is 536 g/mol. The number of phenols is 1. The van der Waals surface area contributed by atoms with Gasteiger partial charge in [0.15, 0.2) is 5.82 Å². The van der Waals surface area contributed by atoms with Gasteiger partial charge in [-0.3, -0.25) is 4.90 Å². The number of fused-ring (bicyclic) bond motifs is 4. The Bertz CT molecular complexity index is 1590. The predicted octanol–water partition coefficient (Wildman–Crippen LogP) is 4.41. The van der Waals surface area contributed by atoms with E-state index in [4.69, 9.17) is 4.74 Å². The van der Waals surface area contributed by atoms with Crippen molar-refractivity contribution in [2.75, 3.05) is 38.2 Å². The van der Waals surface area contributed by atoms with Crippen molar-refractivity contribution in [2.45, 2.75) is 37.1 Å². The second-order valence-electron chi connectivity index (χ2n) is 10.9. The Morgan fingerprint density at radius 3 is 2.54 bits per heavy atom. The number of hydrogen-bond donors (Lipinski definition) is 2. The van der Waals surface area contributed by atoms with Crippen LogP contribution in [0.3, 0.4) is 0 Å². The maximum atomic E-state index is 16.4. The molecule has 4 fully saturated rings. The number of alkyl halides is 1. The largest absolute Gasteiger partial charge is 0.508 e. The van der Waals surface area contributed by atoms with E-state index in [0.29, 0.717) is 54.7 Å². The summed E-state index contributed by atoms with van der Waals surface area (Å²) in [6.45, 7) is 1.79. The summed E-state index contributed by atoms with van der Waals surface area (Å²) < 4.78 is 52.0. The zero-order chi connectivity index (χ0) is 26.8. The minimum absolute atomic E-state index is 0.0300. The number of nitrogens with zero attached hydrogens (tertiary/aromatic N) is 4. The third-order valence-corrected chi connectivity index (χ3v) is 8.22. The summed E-state index contributed by atoms with van der Waals surface area (Å²) in [4.78, 5) is 12.9. The maximum absolute atomic E-state index is 16.4. The quantitative estimate of drug-likeness (QED) is 0.392. The molecule has 0 saturated carbocycles. The molecule has 4 aliphatic heterocycles. The van der Waals surface area contributed by atoms with Crippen LogP contribution in [0, 0.1) is 11.6 Å². The number of aromatic hydroxyl groups is 1. The van der Waals surface area contributed by atoms with Crippen LogP contribution in [0.2, 0.25) is 0 Å². The molecule has 4 aromatic rings. The molecule has 10 heteroatoms. The summed E-state index contributed by atoms with van der Waals surface area (Å²) in [5, 5.41) is 15.3. The second-order valence-corrected chi connectivity index (χ2v) is 10.9. The maximum Gasteiger partial charge on any atom is 0.319 e. The number of aromatic nitrogens is 2. The number of piperidine rings is 1. The molecular weight excluding hydrogens is 507 g/mol. The first-order valence-corrected chi connectivity index (χ1v) is 13.2. The SMILES string of the molecule is CN1C[C@H](F)C[C@H]1COc1nc(N2CC3CC(C2)N3)c2cc(F)c(-c3cc(O)cc4ccccc34)c(F)c2n1. The Balaban J connectivity index is 1.37. The number of rotatable bonds is 5. The lowest BCUT2D eigenvalue weighted by Gasteiger charge is -2.48. The van der Waals surface area contributed by atoms with Gasteiger partial charge in [0.25, 0.3) is 0 Å². The molecule has 3 aromatic carbocycles. The smallest absolute Gasteiger partial charge is 0.319 e. The van der Waals surface area contributed by atoms with E-state index in [1.54, 1.807) is 30.3 Å². The number of piperazine rings is 1. The number of nitrogens with one attached hydrogen (secondary N) is 1. The number of anilines is 1. The van der Waals surface area contributed by atoms with E-state index in [2.05, 4.69) is 15.3 Å². The first-order chi connectivity index (χ1) is 18.8. The fraction of sp³-hybridized carbons (Fsp3) is 0.379. The van der Waals surface area contributed by atoms with E-state index >= 15 is 8.78 Å². The average Bonchev–Trinajstić information content (AvgIpc) is 3.23. The third-order valence-electron chi connectivity index (χ3n) is 8.22. The van der Waals surface area contributed by atoms with Crippen molar-refractivity contribution in [3.05, 3.63) is 54.1 Å². The van der Waals surface area contributed by atoms with E-state index in [0.717, 1.165) is 6.42 Å². The lowest BCUT2D eigenvalue weighted by Crippen LogP contribution is -2.67. The molecule has 0 spiro atoms. The van der Waals surface area contributed by atoms with Gasteiger partial charge < -0.3 is 20.1 Å². The van der Waals surface area contributed by atoms with Crippen LogP contribution in [0.5, 0.6) is 11.8 Å².